The quantitative estimate of drug-likeness (QED) is 0.537. The van der Waals surface area contributed by atoms with Crippen LogP contribution in [0, 0.1) is 5.82 Å². The van der Waals surface area contributed by atoms with Crippen molar-refractivity contribution in [3.05, 3.63) is 29.6 Å². The fourth-order valence-corrected chi connectivity index (χ4v) is 5.65. The van der Waals surface area contributed by atoms with Gasteiger partial charge in [-0.05, 0) is 23.8 Å². The molecule has 2 rings (SSSR count). The third-order valence-corrected chi connectivity index (χ3v) is 8.11. The van der Waals surface area contributed by atoms with Crippen LogP contribution in [0.2, 0.25) is 0 Å². The van der Waals surface area contributed by atoms with Crippen molar-refractivity contribution in [2.75, 3.05) is 11.3 Å². The Morgan fingerprint density at radius 2 is 2.07 bits per heavy atom. The van der Waals surface area contributed by atoms with Crippen LogP contribution in [0.4, 0.5) is 4.39 Å². The minimum Gasteiger partial charge on any atom is -0.205 e. The van der Waals surface area contributed by atoms with Gasteiger partial charge >= 0.3 is 0 Å². The highest BCUT2D eigenvalue weighted by Crippen LogP contribution is 2.80. The maximum atomic E-state index is 14.1. The Bertz CT molecular complexity index is 356. The molecule has 1 fully saturated rings. The van der Waals surface area contributed by atoms with Gasteiger partial charge in [0.05, 0.1) is 0 Å². The van der Waals surface area contributed by atoms with E-state index in [9.17, 15) is 4.39 Å². The molecule has 1 aromatic carbocycles. The summed E-state index contributed by atoms with van der Waals surface area (Å²) in [6.45, 7) is 4.08. The van der Waals surface area contributed by atoms with Crippen LogP contribution < -0.4 is 0 Å². The molecule has 0 aliphatic carbocycles. The van der Waals surface area contributed by atoms with Gasteiger partial charge in [-0.25, -0.2) is 4.39 Å². The van der Waals surface area contributed by atoms with Crippen LogP contribution in [-0.4, -0.2) is 11.3 Å². The second kappa shape index (κ2) is 3.46. The molecular weight excluding hydrogens is 215 g/mol. The monoisotopic (exact) mass is 230 g/mol. The Morgan fingerprint density at radius 3 is 2.57 bits per heavy atom. The molecule has 1 aromatic rings. The number of halogens is 1. The van der Waals surface area contributed by atoms with Gasteiger partial charge in [0.2, 0.25) is 0 Å². The third-order valence-electron chi connectivity index (χ3n) is 2.55. The first-order valence-corrected chi connectivity index (χ1v) is 8.45. The zero-order valence-corrected chi connectivity index (χ0v) is 10.3. The molecular formula is C11H15FS2. The number of hydrogen-bond acceptors (Lipinski definition) is 1. The molecule has 1 saturated heterocycles. The lowest BCUT2D eigenvalue weighted by Crippen LogP contribution is -1.96. The van der Waals surface area contributed by atoms with Crippen molar-refractivity contribution in [3.63, 3.8) is 0 Å². The van der Waals surface area contributed by atoms with Crippen LogP contribution in [0.15, 0.2) is 23.1 Å². The fourth-order valence-electron chi connectivity index (χ4n) is 1.51. The summed E-state index contributed by atoms with van der Waals surface area (Å²) in [5.41, 5.74) is 0.865. The molecule has 1 aliphatic heterocycles. The van der Waals surface area contributed by atoms with Gasteiger partial charge in [0.1, 0.15) is 5.82 Å². The Kier molecular flexibility index (Phi) is 2.56. The van der Waals surface area contributed by atoms with Crippen molar-refractivity contribution in [1.29, 1.82) is 0 Å². The van der Waals surface area contributed by atoms with Gasteiger partial charge in [0, 0.05) is 9.98 Å². The molecule has 0 aromatic heterocycles. The zero-order chi connectivity index (χ0) is 10.3. The molecule has 78 valence electrons. The molecule has 14 heavy (non-hydrogen) atoms. The summed E-state index contributed by atoms with van der Waals surface area (Å²) in [5, 5.41) is 1.13. The van der Waals surface area contributed by atoms with Gasteiger partial charge in [-0.15, -0.1) is 0 Å². The lowest BCUT2D eigenvalue weighted by molar-refractivity contribution is 0.573. The second-order valence-electron chi connectivity index (χ2n) is 4.05. The highest BCUT2D eigenvalue weighted by molar-refractivity contribution is 9.08. The first-order valence-electron chi connectivity index (χ1n) is 4.73. The summed E-state index contributed by atoms with van der Waals surface area (Å²) in [4.78, 5) is 0.966. The van der Waals surface area contributed by atoms with Crippen LogP contribution in [-0.2, 0) is 0 Å². The summed E-state index contributed by atoms with van der Waals surface area (Å²) in [5.74, 6) is 0.326. The minimum atomic E-state index is -0.798. The molecule has 1 unspecified atom stereocenters. The van der Waals surface area contributed by atoms with Gasteiger partial charge < -0.3 is 0 Å². The standard InChI is InChI=1S/C11H15FS2/c1-8(2)9-5-4-6-10(11(9)12)14(3)7-13-14/h4-6,8H,7H2,1-3H3. The summed E-state index contributed by atoms with van der Waals surface area (Å²) in [7, 11) is 1.10. The maximum absolute atomic E-state index is 14.1. The smallest absolute Gasteiger partial charge is 0.139 e. The van der Waals surface area contributed by atoms with Crippen LogP contribution >= 0.6 is 19.9 Å². The molecule has 0 nitrogen and oxygen atoms in total. The molecule has 1 heterocycles. The van der Waals surface area contributed by atoms with E-state index in [1.165, 1.54) is 0 Å². The van der Waals surface area contributed by atoms with Crippen molar-refractivity contribution in [1.82, 2.24) is 0 Å². The Hall–Kier alpha value is -0.150. The Balaban J connectivity index is 2.47. The lowest BCUT2D eigenvalue weighted by atomic mass is 10.0. The molecule has 0 bridgehead atoms. The average Bonchev–Trinajstić information content (AvgIpc) is 2.84. The van der Waals surface area contributed by atoms with Crippen LogP contribution in [0.1, 0.15) is 25.3 Å². The first kappa shape index (κ1) is 10.4. The second-order valence-corrected chi connectivity index (χ2v) is 10.6. The SMILES string of the molecule is CC(C)c1cccc(S2(C)CS2)c1F. The van der Waals surface area contributed by atoms with Crippen molar-refractivity contribution in [2.45, 2.75) is 24.7 Å². The van der Waals surface area contributed by atoms with E-state index in [0.717, 1.165) is 15.5 Å². The summed E-state index contributed by atoms with van der Waals surface area (Å²) in [6, 6.07) is 5.85. The fraction of sp³-hybridized carbons (Fsp3) is 0.455. The molecule has 0 radical (unpaired) electrons. The predicted octanol–water partition coefficient (Wildman–Crippen LogP) is 4.36. The van der Waals surface area contributed by atoms with Crippen LogP contribution in [0.3, 0.4) is 0 Å². The van der Waals surface area contributed by atoms with Gasteiger partial charge in [-0.2, -0.15) is 9.06 Å². The third kappa shape index (κ3) is 1.68. The lowest BCUT2D eigenvalue weighted by Gasteiger charge is -2.16. The van der Waals surface area contributed by atoms with Gasteiger partial charge in [0.25, 0.3) is 0 Å². The molecule has 0 N–H and O–H groups in total. The molecule has 1 atom stereocenters. The largest absolute Gasteiger partial charge is 0.205 e. The molecule has 0 spiro atoms. The Morgan fingerprint density at radius 1 is 1.43 bits per heavy atom. The highest BCUT2D eigenvalue weighted by atomic mass is 33.2. The topological polar surface area (TPSA) is 0 Å². The zero-order valence-electron chi connectivity index (χ0n) is 8.71. The van der Waals surface area contributed by atoms with E-state index in [4.69, 9.17) is 0 Å². The van der Waals surface area contributed by atoms with E-state index >= 15 is 0 Å². The molecule has 0 amide bonds. The van der Waals surface area contributed by atoms with E-state index in [2.05, 4.69) is 6.26 Å². The van der Waals surface area contributed by atoms with E-state index in [1.54, 1.807) is 0 Å². The average molecular weight is 230 g/mol. The molecule has 0 saturated carbocycles. The van der Waals surface area contributed by atoms with Gasteiger partial charge in [-0.3, -0.25) is 0 Å². The van der Waals surface area contributed by atoms with Crippen molar-refractivity contribution in [3.8, 4) is 0 Å². The summed E-state index contributed by atoms with van der Waals surface area (Å²) in [6.07, 6.45) is 2.19. The van der Waals surface area contributed by atoms with E-state index in [-0.39, 0.29) is 11.7 Å². The molecule has 3 heteroatoms. The van der Waals surface area contributed by atoms with Crippen molar-refractivity contribution >= 4 is 19.9 Å². The number of rotatable bonds is 2. The van der Waals surface area contributed by atoms with Gasteiger partial charge in [-0.1, -0.05) is 36.8 Å². The minimum absolute atomic E-state index is 0.0463. The van der Waals surface area contributed by atoms with Crippen molar-refractivity contribution < 1.29 is 4.39 Å². The molecule has 1 aliphatic rings. The number of hydrogen-bond donors (Lipinski definition) is 0. The first-order chi connectivity index (χ1) is 6.54. The Labute approximate surface area is 90.0 Å². The van der Waals surface area contributed by atoms with E-state index in [0.29, 0.717) is 0 Å². The maximum Gasteiger partial charge on any atom is 0.139 e. The normalized spacial score (nSPS) is 30.1. The number of benzene rings is 1. The van der Waals surface area contributed by atoms with Gasteiger partial charge in [0.15, 0.2) is 0 Å². The van der Waals surface area contributed by atoms with Crippen LogP contribution in [0.25, 0.3) is 0 Å². The summed E-state index contributed by atoms with van der Waals surface area (Å²) < 4.78 is 14.1. The van der Waals surface area contributed by atoms with Crippen LogP contribution in [0.5, 0.6) is 0 Å². The van der Waals surface area contributed by atoms with E-state index in [1.807, 2.05) is 42.8 Å². The summed E-state index contributed by atoms with van der Waals surface area (Å²) >= 11 is 0. The van der Waals surface area contributed by atoms with E-state index < -0.39 is 9.06 Å². The predicted molar refractivity (Wildman–Crippen MR) is 64.7 cm³/mol. The van der Waals surface area contributed by atoms with Crippen molar-refractivity contribution in [2.24, 2.45) is 0 Å². The highest BCUT2D eigenvalue weighted by Gasteiger charge is 2.37.